The summed E-state index contributed by atoms with van der Waals surface area (Å²) in [6.07, 6.45) is 13.7. The second kappa shape index (κ2) is 12.5. The Morgan fingerprint density at radius 2 is 1.20 bits per heavy atom. The number of hydrogen-bond acceptors (Lipinski definition) is 0. The first kappa shape index (κ1) is 32.8. The van der Waals surface area contributed by atoms with Crippen LogP contribution in [0.1, 0.15) is 47.2 Å². The van der Waals surface area contributed by atoms with Crippen LogP contribution in [0.15, 0.2) is 176 Å². The molecule has 3 aliphatic rings. The zero-order valence-corrected chi connectivity index (χ0v) is 31.5. The maximum atomic E-state index is 15.8. The van der Waals surface area contributed by atoms with Gasteiger partial charge >= 0.3 is 0 Å². The van der Waals surface area contributed by atoms with Crippen LogP contribution in [0, 0.1) is 5.92 Å². The topological polar surface area (TPSA) is 0 Å². The summed E-state index contributed by atoms with van der Waals surface area (Å²) in [5.74, 6) is 0.0896. The van der Waals surface area contributed by atoms with Gasteiger partial charge in [-0.2, -0.15) is 0 Å². The Kier molecular flexibility index (Phi) is 7.32. The number of alkyl halides is 1. The van der Waals surface area contributed by atoms with Crippen molar-refractivity contribution in [2.75, 3.05) is 0 Å². The van der Waals surface area contributed by atoms with Gasteiger partial charge in [-0.15, -0.1) is 0 Å². The third-order valence-corrected chi connectivity index (χ3v) is 12.7. The Balaban J connectivity index is 1.12. The van der Waals surface area contributed by atoms with Crippen molar-refractivity contribution in [1.29, 1.82) is 0 Å². The van der Waals surface area contributed by atoms with E-state index in [0.29, 0.717) is 0 Å². The molecular formula is C55H39F. The lowest BCUT2D eigenvalue weighted by molar-refractivity contribution is 0.487. The van der Waals surface area contributed by atoms with Gasteiger partial charge in [-0.25, -0.2) is 4.39 Å². The summed E-state index contributed by atoms with van der Waals surface area (Å²) < 4.78 is 15.8. The quantitative estimate of drug-likeness (QED) is 0.159. The molecule has 0 nitrogen and oxygen atoms in total. The molecule has 1 unspecified atom stereocenters. The summed E-state index contributed by atoms with van der Waals surface area (Å²) in [7, 11) is 0. The van der Waals surface area contributed by atoms with Crippen molar-refractivity contribution in [3.8, 4) is 33.4 Å². The molecule has 0 saturated heterocycles. The fourth-order valence-corrected chi connectivity index (χ4v) is 9.96. The van der Waals surface area contributed by atoms with Gasteiger partial charge in [-0.1, -0.05) is 178 Å². The number of hydrogen-bond donors (Lipinski definition) is 0. The van der Waals surface area contributed by atoms with Crippen molar-refractivity contribution in [2.45, 2.75) is 25.9 Å². The van der Waals surface area contributed by atoms with Gasteiger partial charge in [0.05, 0.1) is 0 Å². The van der Waals surface area contributed by atoms with E-state index in [1.54, 1.807) is 0 Å². The molecule has 0 fully saturated rings. The number of allylic oxidation sites excluding steroid dienone is 7. The van der Waals surface area contributed by atoms with Crippen LogP contribution < -0.4 is 0 Å². The smallest absolute Gasteiger partial charge is 0.116 e. The van der Waals surface area contributed by atoms with E-state index in [1.165, 1.54) is 71.6 Å². The Labute approximate surface area is 327 Å². The van der Waals surface area contributed by atoms with E-state index in [2.05, 4.69) is 196 Å². The molecule has 11 rings (SSSR count). The van der Waals surface area contributed by atoms with Gasteiger partial charge < -0.3 is 0 Å². The minimum atomic E-state index is -0.571. The van der Waals surface area contributed by atoms with E-state index < -0.39 is 6.67 Å². The molecule has 266 valence electrons. The Morgan fingerprint density at radius 3 is 2.07 bits per heavy atom. The number of halogens is 1. The molecule has 0 heterocycles. The first-order valence-electron chi connectivity index (χ1n) is 19.7. The Bertz CT molecular complexity index is 3090. The zero-order valence-electron chi connectivity index (χ0n) is 31.5. The molecule has 8 aromatic rings. The van der Waals surface area contributed by atoms with Crippen LogP contribution in [-0.4, -0.2) is 0 Å². The molecule has 1 heteroatoms. The second-order valence-corrected chi connectivity index (χ2v) is 16.0. The molecule has 0 aromatic heterocycles. The third-order valence-electron chi connectivity index (χ3n) is 12.7. The van der Waals surface area contributed by atoms with Crippen LogP contribution in [0.25, 0.3) is 82.9 Å². The summed E-state index contributed by atoms with van der Waals surface area (Å²) in [5.41, 5.74) is 16.1. The lowest BCUT2D eigenvalue weighted by Gasteiger charge is -2.23. The van der Waals surface area contributed by atoms with Gasteiger partial charge in [0.2, 0.25) is 0 Å². The normalized spacial score (nSPS) is 16.2. The van der Waals surface area contributed by atoms with Crippen molar-refractivity contribution < 1.29 is 4.39 Å². The van der Waals surface area contributed by atoms with E-state index in [9.17, 15) is 0 Å². The first-order chi connectivity index (χ1) is 27.5. The van der Waals surface area contributed by atoms with Gasteiger partial charge in [0, 0.05) is 11.3 Å². The molecule has 8 aromatic carbocycles. The van der Waals surface area contributed by atoms with Gasteiger partial charge in [-0.3, -0.25) is 0 Å². The molecule has 0 spiro atoms. The minimum absolute atomic E-state index is 0.0862. The molecule has 0 saturated carbocycles. The predicted molar refractivity (Wildman–Crippen MR) is 236 cm³/mol. The zero-order chi connectivity index (χ0) is 37.5. The Morgan fingerprint density at radius 1 is 0.518 bits per heavy atom. The SMILES string of the molecule is CC1(C)c2ccccc2-c2ccc(C3=Cc4c(cc(-c5cccc(-c6cccc7c6ccc6ccccc67)c5CF)c5ccccc45)C4=CC3C=CC=C4)cc21. The van der Waals surface area contributed by atoms with Crippen LogP contribution in [0.2, 0.25) is 0 Å². The molecule has 0 N–H and O–H groups in total. The fourth-order valence-electron chi connectivity index (χ4n) is 9.96. The van der Waals surface area contributed by atoms with Crippen molar-refractivity contribution in [1.82, 2.24) is 0 Å². The van der Waals surface area contributed by atoms with Gasteiger partial charge in [-0.05, 0) is 128 Å². The average Bonchev–Trinajstić information content (AvgIpc) is 3.44. The highest BCUT2D eigenvalue weighted by Crippen LogP contribution is 2.51. The predicted octanol–water partition coefficient (Wildman–Crippen LogP) is 14.9. The van der Waals surface area contributed by atoms with E-state index in [-0.39, 0.29) is 11.3 Å². The van der Waals surface area contributed by atoms with Crippen LogP contribution in [0.5, 0.6) is 0 Å². The average molecular weight is 719 g/mol. The van der Waals surface area contributed by atoms with Crippen LogP contribution in [0.3, 0.4) is 0 Å². The lowest BCUT2D eigenvalue weighted by Crippen LogP contribution is -2.15. The van der Waals surface area contributed by atoms with Crippen molar-refractivity contribution in [3.05, 3.63) is 209 Å². The third kappa shape index (κ3) is 4.83. The Hall–Kier alpha value is -6.57. The monoisotopic (exact) mass is 718 g/mol. The highest BCUT2D eigenvalue weighted by Gasteiger charge is 2.36. The number of benzene rings is 8. The van der Waals surface area contributed by atoms with E-state index in [1.807, 2.05) is 0 Å². The van der Waals surface area contributed by atoms with Crippen molar-refractivity contribution >= 4 is 49.5 Å². The van der Waals surface area contributed by atoms with Gasteiger partial charge in [0.25, 0.3) is 0 Å². The minimum Gasteiger partial charge on any atom is -0.246 e. The molecule has 2 bridgehead atoms. The summed E-state index contributed by atoms with van der Waals surface area (Å²) >= 11 is 0. The molecule has 0 amide bonds. The number of rotatable bonds is 4. The first-order valence-corrected chi connectivity index (χ1v) is 19.7. The van der Waals surface area contributed by atoms with Crippen LogP contribution in [0.4, 0.5) is 4.39 Å². The van der Waals surface area contributed by atoms with Crippen molar-refractivity contribution in [2.24, 2.45) is 5.92 Å². The van der Waals surface area contributed by atoms with Gasteiger partial charge in [0.15, 0.2) is 0 Å². The van der Waals surface area contributed by atoms with E-state index in [4.69, 9.17) is 0 Å². The highest BCUT2D eigenvalue weighted by molar-refractivity contribution is 6.13. The second-order valence-electron chi connectivity index (χ2n) is 16.0. The maximum absolute atomic E-state index is 15.8. The molecule has 0 aliphatic heterocycles. The lowest BCUT2D eigenvalue weighted by atomic mass is 9.80. The molecule has 1 atom stereocenters. The van der Waals surface area contributed by atoms with Crippen LogP contribution >= 0.6 is 0 Å². The van der Waals surface area contributed by atoms with Crippen molar-refractivity contribution in [3.63, 3.8) is 0 Å². The standard InChI is InChI=1S/C55H39F/c1-55(2)53-24-10-9-19-46(53)47-28-26-37(30-54(47)55)48-31-51-42-18-8-7-17-41(42)50(32-49(51)36-15-4-3-14-35(48)29-36)44-23-12-22-43(52(44)33-56)40-21-11-20-39-38-16-6-5-13-34(38)25-27-45(39)40/h3-32,35H,33H2,1-2H3. The molecular weight excluding hydrogens is 680 g/mol. The maximum Gasteiger partial charge on any atom is 0.116 e. The summed E-state index contributed by atoms with van der Waals surface area (Å²) in [5, 5.41) is 7.02. The number of fused-ring (bicyclic) bond motifs is 11. The summed E-state index contributed by atoms with van der Waals surface area (Å²) in [4.78, 5) is 0. The van der Waals surface area contributed by atoms with E-state index >= 15 is 4.39 Å². The summed E-state index contributed by atoms with van der Waals surface area (Å²) in [6.45, 7) is 4.13. The molecule has 0 radical (unpaired) electrons. The fraction of sp³-hybridized carbons (Fsp3) is 0.0909. The van der Waals surface area contributed by atoms with E-state index in [0.717, 1.165) is 38.6 Å². The van der Waals surface area contributed by atoms with Gasteiger partial charge in [0.1, 0.15) is 6.67 Å². The molecule has 3 aliphatic carbocycles. The van der Waals surface area contributed by atoms with Crippen LogP contribution in [-0.2, 0) is 12.1 Å². The largest absolute Gasteiger partial charge is 0.246 e. The summed E-state index contributed by atoms with van der Waals surface area (Å²) in [6, 6.07) is 52.6. The highest BCUT2D eigenvalue weighted by atomic mass is 19.1. The molecule has 56 heavy (non-hydrogen) atoms.